The van der Waals surface area contributed by atoms with E-state index < -0.39 is 5.97 Å². The Morgan fingerprint density at radius 1 is 1.80 bits per heavy atom. The molecule has 3 nitrogen and oxygen atoms in total. The summed E-state index contributed by atoms with van der Waals surface area (Å²) in [5.74, 6) is -0.304. The van der Waals surface area contributed by atoms with Crippen molar-refractivity contribution >= 4 is 5.97 Å². The van der Waals surface area contributed by atoms with Gasteiger partial charge < -0.3 is 9.84 Å². The van der Waals surface area contributed by atoms with Crippen LogP contribution in [0, 0.1) is 0 Å². The summed E-state index contributed by atoms with van der Waals surface area (Å²) in [5.41, 5.74) is 0.410. The SMILES string of the molecule is CC1=C(C(=O)O)CC(C)O1. The molecule has 1 rings (SSSR count). The van der Waals surface area contributed by atoms with Crippen molar-refractivity contribution < 1.29 is 14.6 Å². The zero-order chi connectivity index (χ0) is 7.72. The van der Waals surface area contributed by atoms with E-state index in [1.165, 1.54) is 0 Å². The number of hydrogen-bond donors (Lipinski definition) is 1. The minimum absolute atomic E-state index is 0.0334. The summed E-state index contributed by atoms with van der Waals surface area (Å²) in [4.78, 5) is 10.4. The standard InChI is InChI=1S/C7H10O3/c1-4-3-6(7(8)9)5(2)10-4/h4H,3H2,1-2H3,(H,8,9). The van der Waals surface area contributed by atoms with Crippen molar-refractivity contribution in [2.45, 2.75) is 26.4 Å². The van der Waals surface area contributed by atoms with Crippen molar-refractivity contribution in [3.63, 3.8) is 0 Å². The number of allylic oxidation sites excluding steroid dienone is 1. The Morgan fingerprint density at radius 3 is 2.60 bits per heavy atom. The fourth-order valence-electron chi connectivity index (χ4n) is 1.08. The fourth-order valence-corrected chi connectivity index (χ4v) is 1.08. The van der Waals surface area contributed by atoms with Crippen LogP contribution in [0.3, 0.4) is 0 Å². The van der Waals surface area contributed by atoms with Crippen molar-refractivity contribution in [3.05, 3.63) is 11.3 Å². The first-order valence-corrected chi connectivity index (χ1v) is 3.21. The van der Waals surface area contributed by atoms with Crippen LogP contribution < -0.4 is 0 Å². The molecule has 1 unspecified atom stereocenters. The number of aliphatic carboxylic acids is 1. The molecule has 0 spiro atoms. The average molecular weight is 142 g/mol. The average Bonchev–Trinajstić information content (AvgIpc) is 2.10. The quantitative estimate of drug-likeness (QED) is 0.597. The Balaban J connectivity index is 2.76. The Labute approximate surface area is 59.3 Å². The van der Waals surface area contributed by atoms with Gasteiger partial charge in [0.1, 0.15) is 5.76 Å². The summed E-state index contributed by atoms with van der Waals surface area (Å²) in [7, 11) is 0. The van der Waals surface area contributed by atoms with Crippen LogP contribution in [0.5, 0.6) is 0 Å². The molecule has 0 saturated carbocycles. The first-order chi connectivity index (χ1) is 4.61. The Hall–Kier alpha value is -0.990. The molecule has 0 radical (unpaired) electrons. The lowest BCUT2D eigenvalue weighted by atomic mass is 10.1. The highest BCUT2D eigenvalue weighted by molar-refractivity contribution is 5.87. The molecule has 0 aromatic rings. The maximum atomic E-state index is 10.4. The van der Waals surface area contributed by atoms with Crippen LogP contribution in [-0.4, -0.2) is 17.2 Å². The lowest BCUT2D eigenvalue weighted by molar-refractivity contribution is -0.132. The third-order valence-electron chi connectivity index (χ3n) is 1.55. The third kappa shape index (κ3) is 1.12. The molecule has 3 heteroatoms. The second-order valence-corrected chi connectivity index (χ2v) is 2.47. The van der Waals surface area contributed by atoms with E-state index >= 15 is 0 Å². The van der Waals surface area contributed by atoms with E-state index in [0.717, 1.165) is 0 Å². The summed E-state index contributed by atoms with van der Waals surface area (Å²) < 4.78 is 5.13. The van der Waals surface area contributed by atoms with E-state index in [1.807, 2.05) is 6.92 Å². The molecule has 0 fully saturated rings. The van der Waals surface area contributed by atoms with Gasteiger partial charge in [0.2, 0.25) is 0 Å². The van der Waals surface area contributed by atoms with E-state index in [2.05, 4.69) is 0 Å². The van der Waals surface area contributed by atoms with Crippen molar-refractivity contribution in [2.24, 2.45) is 0 Å². The van der Waals surface area contributed by atoms with Crippen LogP contribution in [0.2, 0.25) is 0 Å². The highest BCUT2D eigenvalue weighted by atomic mass is 16.5. The topological polar surface area (TPSA) is 46.5 Å². The molecular weight excluding hydrogens is 132 g/mol. The summed E-state index contributed by atoms with van der Waals surface area (Å²) in [6.45, 7) is 3.55. The summed E-state index contributed by atoms with van der Waals surface area (Å²) in [6.07, 6.45) is 0.562. The normalized spacial score (nSPS) is 24.8. The molecule has 1 heterocycles. The van der Waals surface area contributed by atoms with Gasteiger partial charge in [-0.2, -0.15) is 0 Å². The van der Waals surface area contributed by atoms with Crippen molar-refractivity contribution in [1.82, 2.24) is 0 Å². The maximum Gasteiger partial charge on any atom is 0.335 e. The third-order valence-corrected chi connectivity index (χ3v) is 1.55. The molecule has 1 aliphatic heterocycles. The van der Waals surface area contributed by atoms with Crippen LogP contribution in [0.25, 0.3) is 0 Å². The van der Waals surface area contributed by atoms with Gasteiger partial charge in [0, 0.05) is 6.42 Å². The number of hydrogen-bond acceptors (Lipinski definition) is 2. The van der Waals surface area contributed by atoms with Gasteiger partial charge in [-0.05, 0) is 13.8 Å². The lowest BCUT2D eigenvalue weighted by Gasteiger charge is -2.01. The summed E-state index contributed by atoms with van der Waals surface area (Å²) in [5, 5.41) is 8.56. The number of rotatable bonds is 1. The molecule has 10 heavy (non-hydrogen) atoms. The van der Waals surface area contributed by atoms with E-state index in [0.29, 0.717) is 17.8 Å². The fraction of sp³-hybridized carbons (Fsp3) is 0.571. The first kappa shape index (κ1) is 7.12. The van der Waals surface area contributed by atoms with Gasteiger partial charge >= 0.3 is 5.97 Å². The first-order valence-electron chi connectivity index (χ1n) is 3.21. The van der Waals surface area contributed by atoms with Gasteiger partial charge in [-0.15, -0.1) is 0 Å². The summed E-state index contributed by atoms with van der Waals surface area (Å²) in [6, 6.07) is 0. The molecule has 1 atom stereocenters. The lowest BCUT2D eigenvalue weighted by Crippen LogP contribution is -2.02. The predicted octanol–water partition coefficient (Wildman–Crippen LogP) is 1.15. The highest BCUT2D eigenvalue weighted by Crippen LogP contribution is 2.23. The van der Waals surface area contributed by atoms with Crippen molar-refractivity contribution in [3.8, 4) is 0 Å². The molecular formula is C7H10O3. The monoisotopic (exact) mass is 142 g/mol. The second-order valence-electron chi connectivity index (χ2n) is 2.47. The van der Waals surface area contributed by atoms with Gasteiger partial charge in [-0.3, -0.25) is 0 Å². The Kier molecular flexibility index (Phi) is 1.66. The van der Waals surface area contributed by atoms with Gasteiger partial charge in [0.05, 0.1) is 11.7 Å². The minimum atomic E-state index is -0.859. The molecule has 0 bridgehead atoms. The van der Waals surface area contributed by atoms with E-state index in [4.69, 9.17) is 9.84 Å². The number of ether oxygens (including phenoxy) is 1. The molecule has 1 aliphatic rings. The highest BCUT2D eigenvalue weighted by Gasteiger charge is 2.23. The van der Waals surface area contributed by atoms with E-state index in [9.17, 15) is 4.79 Å². The molecule has 0 amide bonds. The second kappa shape index (κ2) is 2.33. The van der Waals surface area contributed by atoms with E-state index in [1.54, 1.807) is 6.92 Å². The van der Waals surface area contributed by atoms with Crippen LogP contribution >= 0.6 is 0 Å². The smallest absolute Gasteiger partial charge is 0.335 e. The van der Waals surface area contributed by atoms with Gasteiger partial charge in [-0.25, -0.2) is 4.79 Å². The van der Waals surface area contributed by atoms with Crippen LogP contribution in [0.15, 0.2) is 11.3 Å². The Morgan fingerprint density at radius 2 is 2.40 bits per heavy atom. The Bertz CT molecular complexity index is 193. The number of carboxylic acids is 1. The van der Waals surface area contributed by atoms with Crippen LogP contribution in [-0.2, 0) is 9.53 Å². The molecule has 0 aromatic carbocycles. The van der Waals surface area contributed by atoms with Crippen molar-refractivity contribution in [1.29, 1.82) is 0 Å². The molecule has 0 saturated heterocycles. The number of carbonyl (C=O) groups is 1. The maximum absolute atomic E-state index is 10.4. The van der Waals surface area contributed by atoms with E-state index in [-0.39, 0.29) is 6.10 Å². The van der Waals surface area contributed by atoms with Gasteiger partial charge in [0.25, 0.3) is 0 Å². The zero-order valence-electron chi connectivity index (χ0n) is 6.05. The van der Waals surface area contributed by atoms with Crippen molar-refractivity contribution in [2.75, 3.05) is 0 Å². The summed E-state index contributed by atoms with van der Waals surface area (Å²) >= 11 is 0. The molecule has 0 aliphatic carbocycles. The van der Waals surface area contributed by atoms with Gasteiger partial charge in [-0.1, -0.05) is 0 Å². The predicted molar refractivity (Wildman–Crippen MR) is 35.5 cm³/mol. The minimum Gasteiger partial charge on any atom is -0.494 e. The van der Waals surface area contributed by atoms with Crippen LogP contribution in [0.4, 0.5) is 0 Å². The largest absolute Gasteiger partial charge is 0.494 e. The molecule has 1 N–H and O–H groups in total. The van der Waals surface area contributed by atoms with Crippen LogP contribution in [0.1, 0.15) is 20.3 Å². The van der Waals surface area contributed by atoms with Gasteiger partial charge in [0.15, 0.2) is 0 Å². The molecule has 56 valence electrons. The molecule has 0 aromatic heterocycles. The number of carboxylic acid groups (broad SMARTS) is 1. The zero-order valence-corrected chi connectivity index (χ0v) is 6.05.